The van der Waals surface area contributed by atoms with Crippen molar-refractivity contribution in [3.8, 4) is 0 Å². The molecule has 0 saturated carbocycles. The minimum atomic E-state index is -0.916. The highest BCUT2D eigenvalue weighted by atomic mass is 32.2. The van der Waals surface area contributed by atoms with Gasteiger partial charge in [0, 0.05) is 30.6 Å². The molecule has 4 heterocycles. The molecule has 37 heavy (non-hydrogen) atoms. The van der Waals surface area contributed by atoms with Crippen LogP contribution in [0.15, 0.2) is 66.8 Å². The van der Waals surface area contributed by atoms with Crippen LogP contribution in [0.5, 0.6) is 0 Å². The maximum Gasteiger partial charge on any atom is 0.251 e. The Balaban J connectivity index is 1.50. The average molecular weight is 518 g/mol. The molecule has 2 fully saturated rings. The fourth-order valence-electron chi connectivity index (χ4n) is 6.72. The molecule has 1 N–H and O–H groups in total. The van der Waals surface area contributed by atoms with Gasteiger partial charge in [-0.25, -0.2) is 0 Å². The number of likely N-dealkylation sites (N-methyl/N-ethyl adjacent to an activating group) is 1. The molecule has 4 aliphatic rings. The smallest absolute Gasteiger partial charge is 0.251 e. The molecule has 6 atom stereocenters. The fourth-order valence-corrected chi connectivity index (χ4v) is 8.87. The Hall–Kier alpha value is -3.10. The van der Waals surface area contributed by atoms with E-state index in [1.54, 1.807) is 40.4 Å². The van der Waals surface area contributed by atoms with Gasteiger partial charge in [0.2, 0.25) is 11.8 Å². The Labute approximate surface area is 220 Å². The highest BCUT2D eigenvalue weighted by molar-refractivity contribution is 8.02. The largest absolute Gasteiger partial charge is 0.394 e. The van der Waals surface area contributed by atoms with Gasteiger partial charge in [0.05, 0.1) is 29.2 Å². The molecule has 0 aromatic heterocycles. The van der Waals surface area contributed by atoms with E-state index in [-0.39, 0.29) is 24.3 Å². The quantitative estimate of drug-likeness (QED) is 0.634. The molecule has 0 radical (unpaired) electrons. The third kappa shape index (κ3) is 3.35. The Morgan fingerprint density at radius 3 is 2.46 bits per heavy atom. The molecular formula is C29H31N3O4S. The molecule has 0 bridgehead atoms. The van der Waals surface area contributed by atoms with E-state index in [1.807, 2.05) is 73.7 Å². The van der Waals surface area contributed by atoms with E-state index in [1.165, 1.54) is 0 Å². The highest BCUT2D eigenvalue weighted by Crippen LogP contribution is 2.65. The third-order valence-electron chi connectivity index (χ3n) is 8.48. The third-order valence-corrected chi connectivity index (χ3v) is 10.3. The minimum absolute atomic E-state index is 0.0797. The number of thioether (sulfide) groups is 1. The Morgan fingerprint density at radius 1 is 0.973 bits per heavy atom. The second kappa shape index (κ2) is 8.46. The number of benzene rings is 2. The van der Waals surface area contributed by atoms with E-state index in [2.05, 4.69) is 0 Å². The average Bonchev–Trinajstić information content (AvgIpc) is 3.18. The van der Waals surface area contributed by atoms with Crippen molar-refractivity contribution in [3.63, 3.8) is 0 Å². The van der Waals surface area contributed by atoms with Crippen LogP contribution in [0.1, 0.15) is 13.8 Å². The summed E-state index contributed by atoms with van der Waals surface area (Å²) in [6.07, 6.45) is 8.01. The summed E-state index contributed by atoms with van der Waals surface area (Å²) in [5, 5.41) is 12.2. The lowest BCUT2D eigenvalue weighted by atomic mass is 9.74. The first-order valence-electron chi connectivity index (χ1n) is 12.8. The van der Waals surface area contributed by atoms with Crippen LogP contribution in [0.3, 0.4) is 0 Å². The van der Waals surface area contributed by atoms with E-state index < -0.39 is 33.4 Å². The number of carbonyl (C=O) groups excluding carboxylic acids is 3. The molecule has 8 heteroatoms. The van der Waals surface area contributed by atoms with E-state index >= 15 is 0 Å². The van der Waals surface area contributed by atoms with Gasteiger partial charge in [-0.3, -0.25) is 14.4 Å². The fraction of sp³-hybridized carbons (Fsp3) is 0.414. The number of likely N-dealkylation sites (tertiary alicyclic amines) is 1. The molecule has 7 nitrogen and oxygen atoms in total. The second-order valence-corrected chi connectivity index (χ2v) is 12.6. The van der Waals surface area contributed by atoms with Gasteiger partial charge >= 0.3 is 0 Å². The number of nitrogens with zero attached hydrogens (tertiary/aromatic N) is 3. The number of aliphatic hydroxyl groups excluding tert-OH is 1. The summed E-state index contributed by atoms with van der Waals surface area (Å²) in [5.74, 6) is -1.80. The molecule has 2 aromatic rings. The van der Waals surface area contributed by atoms with Crippen LogP contribution in [0.4, 0.5) is 5.69 Å². The normalized spacial score (nSPS) is 33.9. The zero-order valence-corrected chi connectivity index (χ0v) is 22.0. The lowest BCUT2D eigenvalue weighted by Gasteiger charge is -2.38. The maximum atomic E-state index is 14.5. The van der Waals surface area contributed by atoms with Gasteiger partial charge in [-0.1, -0.05) is 54.6 Å². The van der Waals surface area contributed by atoms with Gasteiger partial charge in [0.15, 0.2) is 0 Å². The molecule has 2 aromatic carbocycles. The number of hydrogen-bond acceptors (Lipinski definition) is 5. The van der Waals surface area contributed by atoms with Gasteiger partial charge in [-0.05, 0) is 36.8 Å². The van der Waals surface area contributed by atoms with Crippen LogP contribution in [0.25, 0.3) is 10.8 Å². The summed E-state index contributed by atoms with van der Waals surface area (Å²) in [6.45, 7) is 4.36. The van der Waals surface area contributed by atoms with Crippen molar-refractivity contribution in [1.29, 1.82) is 0 Å². The number of aliphatic hydroxyl groups is 1. The molecule has 2 saturated heterocycles. The maximum absolute atomic E-state index is 14.5. The first kappa shape index (κ1) is 24.2. The number of amides is 3. The van der Waals surface area contributed by atoms with Crippen LogP contribution >= 0.6 is 11.8 Å². The summed E-state index contributed by atoms with van der Waals surface area (Å²) >= 11 is 1.56. The van der Waals surface area contributed by atoms with Crippen LogP contribution in [0, 0.1) is 11.8 Å². The van der Waals surface area contributed by atoms with Gasteiger partial charge in [0.1, 0.15) is 6.04 Å². The zero-order valence-electron chi connectivity index (χ0n) is 21.2. The van der Waals surface area contributed by atoms with Gasteiger partial charge in [-0.15, -0.1) is 11.8 Å². The van der Waals surface area contributed by atoms with Crippen molar-refractivity contribution in [2.75, 3.05) is 31.6 Å². The van der Waals surface area contributed by atoms with Crippen LogP contribution < -0.4 is 4.90 Å². The lowest BCUT2D eigenvalue weighted by Crippen LogP contribution is -2.56. The monoisotopic (exact) mass is 517 g/mol. The summed E-state index contributed by atoms with van der Waals surface area (Å²) in [6, 6.07) is 12.5. The first-order chi connectivity index (χ1) is 17.7. The molecule has 4 aliphatic heterocycles. The van der Waals surface area contributed by atoms with E-state index in [0.29, 0.717) is 13.1 Å². The number of rotatable bonds is 3. The molecule has 3 amide bonds. The standard InChI is InChI=1S/C29H31N3O4S/c1-18(17-33)32-24-27(36)31(21-11-10-19-8-4-5-9-20(19)16-21)15-7-13-29(24)23(26(32)35)22-25(34)30(3)14-6-12-28(22,2)37-29/h4-13,16,18,22-24,33H,14-15,17H2,1-3H3/t18-,22+,23+,24?,28-,29+/m1/s1. The number of hydrogen-bond donors (Lipinski definition) is 1. The van der Waals surface area contributed by atoms with Crippen molar-refractivity contribution < 1.29 is 19.5 Å². The van der Waals surface area contributed by atoms with Crippen molar-refractivity contribution in [2.24, 2.45) is 11.8 Å². The highest BCUT2D eigenvalue weighted by Gasteiger charge is 2.74. The van der Waals surface area contributed by atoms with Crippen molar-refractivity contribution in [1.82, 2.24) is 9.80 Å². The number of carbonyl (C=O) groups is 3. The Morgan fingerprint density at radius 2 is 1.70 bits per heavy atom. The minimum Gasteiger partial charge on any atom is -0.394 e. The molecular weight excluding hydrogens is 486 g/mol. The van der Waals surface area contributed by atoms with Gasteiger partial charge < -0.3 is 19.8 Å². The number of fused-ring (bicyclic) bond motifs is 3. The summed E-state index contributed by atoms with van der Waals surface area (Å²) in [5.41, 5.74) is 0.761. The predicted molar refractivity (Wildman–Crippen MR) is 145 cm³/mol. The van der Waals surface area contributed by atoms with Crippen molar-refractivity contribution in [3.05, 3.63) is 66.8 Å². The number of anilines is 1. The second-order valence-electron chi connectivity index (χ2n) is 10.8. The van der Waals surface area contributed by atoms with Gasteiger partial charge in [-0.2, -0.15) is 0 Å². The molecule has 192 valence electrons. The predicted octanol–water partition coefficient (Wildman–Crippen LogP) is 2.84. The van der Waals surface area contributed by atoms with Crippen molar-refractivity contribution in [2.45, 2.75) is 35.4 Å². The molecule has 1 unspecified atom stereocenters. The van der Waals surface area contributed by atoms with E-state index in [4.69, 9.17) is 0 Å². The topological polar surface area (TPSA) is 81.2 Å². The Bertz CT molecular complexity index is 1370. The molecule has 1 spiro atoms. The van der Waals surface area contributed by atoms with Crippen LogP contribution in [-0.2, 0) is 14.4 Å². The SMILES string of the molecule is C[C@H](CO)N1C(=O)[C@@H]2[C@H]3C(=O)N(C)CC=C[C@@]3(C)S[C@@]23C=CCN(c2ccc4ccccc4c2)C(=O)C13. The summed E-state index contributed by atoms with van der Waals surface area (Å²) in [7, 11) is 1.76. The van der Waals surface area contributed by atoms with E-state index in [0.717, 1.165) is 16.5 Å². The van der Waals surface area contributed by atoms with Crippen molar-refractivity contribution >= 4 is 45.9 Å². The Kier molecular flexibility index (Phi) is 5.55. The summed E-state index contributed by atoms with van der Waals surface area (Å²) < 4.78 is -1.54. The lowest BCUT2D eigenvalue weighted by molar-refractivity contribution is -0.144. The van der Waals surface area contributed by atoms with Gasteiger partial charge in [0.25, 0.3) is 5.91 Å². The molecule has 0 aliphatic carbocycles. The zero-order chi connectivity index (χ0) is 26.1. The van der Waals surface area contributed by atoms with E-state index in [9.17, 15) is 19.5 Å². The van der Waals surface area contributed by atoms with Crippen LogP contribution in [0.2, 0.25) is 0 Å². The summed E-state index contributed by atoms with van der Waals surface area (Å²) in [4.78, 5) is 47.3. The first-order valence-corrected chi connectivity index (χ1v) is 13.6. The molecule has 6 rings (SSSR count). The van der Waals surface area contributed by atoms with Crippen LogP contribution in [-0.4, -0.2) is 80.9 Å².